The van der Waals surface area contributed by atoms with Crippen LogP contribution in [0.4, 0.5) is 0 Å². The Balaban J connectivity index is -0.000000656. The van der Waals surface area contributed by atoms with Crippen molar-refractivity contribution in [3.8, 4) is 0 Å². The van der Waals surface area contributed by atoms with Crippen LogP contribution in [-0.4, -0.2) is 28.3 Å². The van der Waals surface area contributed by atoms with E-state index in [1.807, 2.05) is 0 Å². The van der Waals surface area contributed by atoms with Crippen LogP contribution < -0.4 is 5.73 Å². The molecule has 0 unspecified atom stereocenters. The van der Waals surface area contributed by atoms with Crippen LogP contribution in [0.2, 0.25) is 0 Å². The van der Waals surface area contributed by atoms with Gasteiger partial charge < -0.3 is 15.9 Å². The summed E-state index contributed by atoms with van der Waals surface area (Å²) in [6.45, 7) is 9.16. The molecule has 0 saturated carbocycles. The van der Waals surface area contributed by atoms with Crippen LogP contribution in [0.5, 0.6) is 0 Å². The second-order valence-electron chi connectivity index (χ2n) is 8.35. The lowest BCUT2D eigenvalue weighted by molar-refractivity contribution is -0.118. The van der Waals surface area contributed by atoms with Crippen LogP contribution in [0, 0.1) is 0 Å². The van der Waals surface area contributed by atoms with Gasteiger partial charge in [0.2, 0.25) is 5.91 Å². The van der Waals surface area contributed by atoms with Crippen molar-refractivity contribution >= 4 is 5.91 Å². The summed E-state index contributed by atoms with van der Waals surface area (Å²) in [5.41, 5.74) is 5.11. The van der Waals surface area contributed by atoms with Crippen LogP contribution in [0.15, 0.2) is 0 Å². The second kappa shape index (κ2) is 28.6. The van der Waals surface area contributed by atoms with Gasteiger partial charge in [-0.15, -0.1) is 0 Å². The highest BCUT2D eigenvalue weighted by Crippen LogP contribution is 2.13. The van der Waals surface area contributed by atoms with E-state index in [-0.39, 0.29) is 18.1 Å². The van der Waals surface area contributed by atoms with Gasteiger partial charge in [0.05, 0.1) is 0 Å². The van der Waals surface area contributed by atoms with E-state index in [1.54, 1.807) is 27.7 Å². The number of nitrogens with two attached hydrogens (primary N) is 1. The van der Waals surface area contributed by atoms with Gasteiger partial charge in [0.25, 0.3) is 0 Å². The standard InChI is InChI=1S/C18H37NO.2C3H8O/c1-2-3-4-5-6-7-8-9-10-11-12-13-14-15-16-17-18(19)20;2*1-3(2)4/h2-17H2,1H3,(H2,19,20);2*3-4H,1-2H3. The van der Waals surface area contributed by atoms with Crippen LogP contribution in [0.1, 0.15) is 137 Å². The molecule has 1 amide bonds. The highest BCUT2D eigenvalue weighted by molar-refractivity contribution is 5.73. The zero-order valence-electron chi connectivity index (χ0n) is 19.8. The van der Waals surface area contributed by atoms with Gasteiger partial charge in [-0.3, -0.25) is 4.79 Å². The fraction of sp³-hybridized carbons (Fsp3) is 0.958. The summed E-state index contributed by atoms with van der Waals surface area (Å²) in [5, 5.41) is 16.1. The molecule has 0 aliphatic heterocycles. The van der Waals surface area contributed by atoms with Crippen molar-refractivity contribution in [2.75, 3.05) is 0 Å². The van der Waals surface area contributed by atoms with Crippen molar-refractivity contribution in [3.05, 3.63) is 0 Å². The topological polar surface area (TPSA) is 83.6 Å². The highest BCUT2D eigenvalue weighted by Gasteiger charge is 1.96. The molecular formula is C24H53NO3. The third-order valence-corrected chi connectivity index (χ3v) is 4.03. The molecule has 0 rings (SSSR count). The number of carbonyl (C=O) groups is 1. The average molecular weight is 404 g/mol. The van der Waals surface area contributed by atoms with E-state index >= 15 is 0 Å². The van der Waals surface area contributed by atoms with Gasteiger partial charge in [-0.25, -0.2) is 0 Å². The number of aliphatic hydroxyl groups is 2. The summed E-state index contributed by atoms with van der Waals surface area (Å²) in [6.07, 6.45) is 20.5. The largest absolute Gasteiger partial charge is 0.394 e. The van der Waals surface area contributed by atoms with Crippen LogP contribution >= 0.6 is 0 Å². The molecule has 0 aliphatic rings. The van der Waals surface area contributed by atoms with Crippen molar-refractivity contribution < 1.29 is 15.0 Å². The Bertz CT molecular complexity index is 270. The number of rotatable bonds is 16. The van der Waals surface area contributed by atoms with Gasteiger partial charge in [-0.05, 0) is 34.1 Å². The smallest absolute Gasteiger partial charge is 0.217 e. The second-order valence-corrected chi connectivity index (χ2v) is 8.35. The van der Waals surface area contributed by atoms with Crippen LogP contribution in [-0.2, 0) is 4.79 Å². The van der Waals surface area contributed by atoms with Gasteiger partial charge >= 0.3 is 0 Å². The number of hydrogen-bond acceptors (Lipinski definition) is 3. The normalized spacial score (nSPS) is 10.3. The first-order valence-electron chi connectivity index (χ1n) is 11.9. The van der Waals surface area contributed by atoms with E-state index in [0.29, 0.717) is 6.42 Å². The Morgan fingerprint density at radius 2 is 0.821 bits per heavy atom. The maximum Gasteiger partial charge on any atom is 0.217 e. The Morgan fingerprint density at radius 3 is 1.04 bits per heavy atom. The summed E-state index contributed by atoms with van der Waals surface area (Å²) in [5.74, 6) is -0.153. The van der Waals surface area contributed by atoms with E-state index in [4.69, 9.17) is 15.9 Å². The molecule has 0 bridgehead atoms. The minimum absolute atomic E-state index is 0.153. The molecule has 4 N–H and O–H groups in total. The fourth-order valence-corrected chi connectivity index (χ4v) is 2.67. The Kier molecular flexibility index (Phi) is 32.8. The van der Waals surface area contributed by atoms with E-state index < -0.39 is 0 Å². The van der Waals surface area contributed by atoms with E-state index in [9.17, 15) is 4.79 Å². The van der Waals surface area contributed by atoms with Crippen molar-refractivity contribution in [1.29, 1.82) is 0 Å². The number of primary amides is 1. The number of hydrogen-bond donors (Lipinski definition) is 3. The third-order valence-electron chi connectivity index (χ3n) is 4.03. The molecule has 0 radical (unpaired) electrons. The summed E-state index contributed by atoms with van der Waals surface area (Å²) >= 11 is 0. The molecule has 28 heavy (non-hydrogen) atoms. The van der Waals surface area contributed by atoms with E-state index in [0.717, 1.165) is 6.42 Å². The molecule has 0 aromatic heterocycles. The van der Waals surface area contributed by atoms with Gasteiger partial charge in [0.15, 0.2) is 0 Å². The molecule has 4 heteroatoms. The Hall–Kier alpha value is -0.610. The van der Waals surface area contributed by atoms with Crippen LogP contribution in [0.3, 0.4) is 0 Å². The molecule has 0 atom stereocenters. The highest BCUT2D eigenvalue weighted by atomic mass is 16.3. The molecule has 4 nitrogen and oxygen atoms in total. The predicted molar refractivity (Wildman–Crippen MR) is 123 cm³/mol. The number of unbranched alkanes of at least 4 members (excludes halogenated alkanes) is 14. The van der Waals surface area contributed by atoms with Gasteiger partial charge in [-0.1, -0.05) is 96.8 Å². The summed E-state index contributed by atoms with van der Waals surface area (Å²) in [7, 11) is 0. The molecule has 172 valence electrons. The zero-order chi connectivity index (χ0) is 22.0. The molecule has 0 aliphatic carbocycles. The number of aliphatic hydroxyl groups excluding tert-OH is 2. The monoisotopic (exact) mass is 403 g/mol. The Labute approximate surface area is 176 Å². The molecule has 0 fully saturated rings. The van der Waals surface area contributed by atoms with Gasteiger partial charge in [0, 0.05) is 18.6 Å². The van der Waals surface area contributed by atoms with Gasteiger partial charge in [0.1, 0.15) is 0 Å². The quantitative estimate of drug-likeness (QED) is 0.257. The fourth-order valence-electron chi connectivity index (χ4n) is 2.67. The lowest BCUT2D eigenvalue weighted by Gasteiger charge is -2.03. The van der Waals surface area contributed by atoms with Crippen molar-refractivity contribution in [2.24, 2.45) is 5.73 Å². The molecule has 0 aromatic rings. The number of amides is 1. The first kappa shape index (κ1) is 32.1. The first-order valence-corrected chi connectivity index (χ1v) is 11.9. The summed E-state index contributed by atoms with van der Waals surface area (Å²) in [6, 6.07) is 0. The Morgan fingerprint density at radius 1 is 0.607 bits per heavy atom. The lowest BCUT2D eigenvalue weighted by Crippen LogP contribution is -2.09. The molecule has 0 saturated heterocycles. The minimum Gasteiger partial charge on any atom is -0.394 e. The number of carbonyl (C=O) groups excluding carboxylic acids is 1. The minimum atomic E-state index is -0.167. The lowest BCUT2D eigenvalue weighted by atomic mass is 10.0. The van der Waals surface area contributed by atoms with Crippen molar-refractivity contribution in [3.63, 3.8) is 0 Å². The van der Waals surface area contributed by atoms with E-state index in [2.05, 4.69) is 6.92 Å². The molecule has 0 aromatic carbocycles. The van der Waals surface area contributed by atoms with E-state index in [1.165, 1.54) is 89.9 Å². The van der Waals surface area contributed by atoms with Gasteiger partial charge in [-0.2, -0.15) is 0 Å². The zero-order valence-corrected chi connectivity index (χ0v) is 19.8. The summed E-state index contributed by atoms with van der Waals surface area (Å²) in [4.78, 5) is 10.6. The molecule has 0 heterocycles. The predicted octanol–water partition coefficient (Wildman–Crippen LogP) is 6.51. The summed E-state index contributed by atoms with van der Waals surface area (Å²) < 4.78 is 0. The molecular weight excluding hydrogens is 350 g/mol. The third kappa shape index (κ3) is 56.2. The SMILES string of the molecule is CC(C)O.CC(C)O.CCCCCCCCCCCCCCCCCC(N)=O. The maximum absolute atomic E-state index is 10.6. The van der Waals surface area contributed by atoms with Crippen molar-refractivity contribution in [2.45, 2.75) is 150 Å². The molecule has 0 spiro atoms. The average Bonchev–Trinajstić information content (AvgIpc) is 2.57. The maximum atomic E-state index is 10.6. The first-order chi connectivity index (χ1) is 13.2. The van der Waals surface area contributed by atoms with Crippen LogP contribution in [0.25, 0.3) is 0 Å². The van der Waals surface area contributed by atoms with Crippen molar-refractivity contribution in [1.82, 2.24) is 0 Å².